The number of aromatic amines is 1. The fourth-order valence-electron chi connectivity index (χ4n) is 3.58. The Labute approximate surface area is 169 Å². The number of hydrogen-bond donors (Lipinski definition) is 4. The maximum absolute atomic E-state index is 12.3. The van der Waals surface area contributed by atoms with Gasteiger partial charge in [-0.1, -0.05) is 30.3 Å². The lowest BCUT2D eigenvalue weighted by atomic mass is 9.94. The van der Waals surface area contributed by atoms with Crippen molar-refractivity contribution >= 4 is 28.6 Å². The zero-order valence-electron chi connectivity index (χ0n) is 16.6. The van der Waals surface area contributed by atoms with E-state index in [-0.39, 0.29) is 12.1 Å². The molecule has 0 spiro atoms. The number of pyridine rings is 1. The number of aromatic nitrogens is 3. The van der Waals surface area contributed by atoms with Crippen molar-refractivity contribution in [1.29, 1.82) is 0 Å². The first-order chi connectivity index (χ1) is 13.9. The summed E-state index contributed by atoms with van der Waals surface area (Å²) in [6.45, 7) is 5.29. The van der Waals surface area contributed by atoms with Crippen LogP contribution < -0.4 is 15.5 Å². The van der Waals surface area contributed by atoms with Crippen LogP contribution in [-0.2, 0) is 0 Å². The highest BCUT2D eigenvalue weighted by atomic mass is 16.3. The fourth-order valence-corrected chi connectivity index (χ4v) is 3.58. The van der Waals surface area contributed by atoms with Crippen LogP contribution in [0.4, 0.5) is 16.4 Å². The number of nitrogens with zero attached hydrogens (tertiary/aromatic N) is 3. The van der Waals surface area contributed by atoms with Gasteiger partial charge in [-0.2, -0.15) is 5.10 Å². The van der Waals surface area contributed by atoms with Gasteiger partial charge in [0, 0.05) is 25.4 Å². The largest absolute Gasteiger partial charge is 0.390 e. The number of hydrogen-bond acceptors (Lipinski definition) is 5. The van der Waals surface area contributed by atoms with Crippen molar-refractivity contribution in [3.8, 4) is 0 Å². The SMILES string of the molecule is CC(NC(=O)Nc1cc2[nH]nc(N3CCC(C)(O)CC3)c2cn1)c1ccccc1. The number of carbonyl (C=O) groups excluding carboxylic acids is 1. The Morgan fingerprint density at radius 2 is 2.00 bits per heavy atom. The highest BCUT2D eigenvalue weighted by Crippen LogP contribution is 2.30. The Morgan fingerprint density at radius 3 is 2.72 bits per heavy atom. The van der Waals surface area contributed by atoms with Crippen molar-refractivity contribution in [1.82, 2.24) is 20.5 Å². The van der Waals surface area contributed by atoms with Crippen LogP contribution in [0.1, 0.15) is 38.3 Å². The van der Waals surface area contributed by atoms with E-state index in [4.69, 9.17) is 0 Å². The van der Waals surface area contributed by atoms with Crippen LogP contribution in [0.25, 0.3) is 10.9 Å². The highest BCUT2D eigenvalue weighted by molar-refractivity contribution is 5.94. The van der Waals surface area contributed by atoms with E-state index in [1.807, 2.05) is 44.2 Å². The van der Waals surface area contributed by atoms with Gasteiger partial charge in [0.15, 0.2) is 5.82 Å². The van der Waals surface area contributed by atoms with Crippen molar-refractivity contribution in [2.75, 3.05) is 23.3 Å². The van der Waals surface area contributed by atoms with Gasteiger partial charge in [0.2, 0.25) is 0 Å². The van der Waals surface area contributed by atoms with Crippen molar-refractivity contribution in [3.05, 3.63) is 48.2 Å². The molecule has 1 aromatic carbocycles. The number of anilines is 2. The first-order valence-corrected chi connectivity index (χ1v) is 9.85. The maximum atomic E-state index is 12.3. The van der Waals surface area contributed by atoms with Crippen LogP contribution in [0.2, 0.25) is 0 Å². The lowest BCUT2D eigenvalue weighted by Gasteiger charge is -2.35. The molecule has 3 aromatic rings. The Kier molecular flexibility index (Phi) is 5.10. The second-order valence-electron chi connectivity index (χ2n) is 7.88. The minimum atomic E-state index is -0.609. The van der Waals surface area contributed by atoms with Crippen LogP contribution in [-0.4, -0.2) is 45.0 Å². The lowest BCUT2D eigenvalue weighted by Crippen LogP contribution is -2.42. The van der Waals surface area contributed by atoms with Crippen LogP contribution >= 0.6 is 0 Å². The molecule has 4 N–H and O–H groups in total. The van der Waals surface area contributed by atoms with Gasteiger partial charge >= 0.3 is 6.03 Å². The van der Waals surface area contributed by atoms with E-state index in [1.54, 1.807) is 12.3 Å². The van der Waals surface area contributed by atoms with Crippen molar-refractivity contribution < 1.29 is 9.90 Å². The number of piperidine rings is 1. The third-order valence-corrected chi connectivity index (χ3v) is 5.46. The van der Waals surface area contributed by atoms with E-state index in [0.717, 1.165) is 35.4 Å². The molecule has 2 aromatic heterocycles. The number of H-pyrrole nitrogens is 1. The van der Waals surface area contributed by atoms with E-state index < -0.39 is 5.60 Å². The number of aliphatic hydroxyl groups is 1. The van der Waals surface area contributed by atoms with Gasteiger partial charge in [-0.15, -0.1) is 0 Å². The number of carbonyl (C=O) groups is 1. The van der Waals surface area contributed by atoms with E-state index in [0.29, 0.717) is 18.7 Å². The van der Waals surface area contributed by atoms with Crippen LogP contribution in [0, 0.1) is 0 Å². The average molecular weight is 394 g/mol. The van der Waals surface area contributed by atoms with Crippen molar-refractivity contribution in [3.63, 3.8) is 0 Å². The molecule has 152 valence electrons. The standard InChI is InChI=1S/C21H26N6O2/c1-14(15-6-4-3-5-7-15)23-20(28)24-18-12-17-16(13-22-18)19(26-25-17)27-10-8-21(2,29)9-11-27/h3-7,12-14,29H,8-11H2,1-2H3,(H,25,26)(H2,22,23,24,28). The Bertz CT molecular complexity index is 991. The monoisotopic (exact) mass is 394 g/mol. The molecule has 0 radical (unpaired) electrons. The molecule has 0 bridgehead atoms. The summed E-state index contributed by atoms with van der Waals surface area (Å²) < 4.78 is 0. The van der Waals surface area contributed by atoms with Gasteiger partial charge < -0.3 is 15.3 Å². The third kappa shape index (κ3) is 4.32. The first kappa shape index (κ1) is 19.2. The number of benzene rings is 1. The summed E-state index contributed by atoms with van der Waals surface area (Å²) in [5, 5.41) is 24.2. The van der Waals surface area contributed by atoms with Crippen LogP contribution in [0.5, 0.6) is 0 Å². The molecule has 8 heteroatoms. The van der Waals surface area contributed by atoms with E-state index in [9.17, 15) is 9.90 Å². The average Bonchev–Trinajstić information content (AvgIpc) is 3.12. The van der Waals surface area contributed by atoms with Crippen molar-refractivity contribution in [2.45, 2.75) is 38.3 Å². The van der Waals surface area contributed by atoms with Gasteiger partial charge in [0.25, 0.3) is 0 Å². The van der Waals surface area contributed by atoms with Gasteiger partial charge in [-0.25, -0.2) is 9.78 Å². The Hall–Kier alpha value is -3.13. The zero-order chi connectivity index (χ0) is 20.4. The normalized spacial score (nSPS) is 17.1. The molecule has 3 heterocycles. The second kappa shape index (κ2) is 7.71. The predicted octanol–water partition coefficient (Wildman–Crippen LogP) is 3.19. The van der Waals surface area contributed by atoms with Gasteiger partial charge in [-0.3, -0.25) is 10.4 Å². The summed E-state index contributed by atoms with van der Waals surface area (Å²) in [6, 6.07) is 11.1. The Morgan fingerprint density at radius 1 is 1.28 bits per heavy atom. The summed E-state index contributed by atoms with van der Waals surface area (Å²) >= 11 is 0. The molecule has 0 aliphatic carbocycles. The highest BCUT2D eigenvalue weighted by Gasteiger charge is 2.29. The molecular weight excluding hydrogens is 368 g/mol. The van der Waals surface area contributed by atoms with Gasteiger partial charge in [0.1, 0.15) is 5.82 Å². The third-order valence-electron chi connectivity index (χ3n) is 5.46. The molecule has 0 saturated carbocycles. The maximum Gasteiger partial charge on any atom is 0.320 e. The minimum absolute atomic E-state index is 0.116. The van der Waals surface area contributed by atoms with E-state index >= 15 is 0 Å². The molecule has 1 aliphatic rings. The first-order valence-electron chi connectivity index (χ1n) is 9.85. The molecule has 2 amide bonds. The van der Waals surface area contributed by atoms with E-state index in [1.165, 1.54) is 0 Å². The number of amides is 2. The summed E-state index contributed by atoms with van der Waals surface area (Å²) in [5.74, 6) is 1.28. The quantitative estimate of drug-likeness (QED) is 0.544. The molecule has 1 saturated heterocycles. The summed E-state index contributed by atoms with van der Waals surface area (Å²) in [6.07, 6.45) is 3.12. The molecule has 1 atom stereocenters. The van der Waals surface area contributed by atoms with Gasteiger partial charge in [0.05, 0.1) is 22.5 Å². The number of rotatable bonds is 4. The Balaban J connectivity index is 1.42. The fraction of sp³-hybridized carbons (Fsp3) is 0.381. The molecule has 8 nitrogen and oxygen atoms in total. The molecular formula is C21H26N6O2. The molecule has 1 aliphatic heterocycles. The molecule has 1 fully saturated rings. The van der Waals surface area contributed by atoms with E-state index in [2.05, 4.69) is 30.7 Å². The number of urea groups is 1. The lowest BCUT2D eigenvalue weighted by molar-refractivity contribution is 0.0350. The van der Waals surface area contributed by atoms with Gasteiger partial charge in [-0.05, 0) is 32.3 Å². The minimum Gasteiger partial charge on any atom is -0.390 e. The number of nitrogens with one attached hydrogen (secondary N) is 3. The predicted molar refractivity (Wildman–Crippen MR) is 113 cm³/mol. The molecule has 1 unspecified atom stereocenters. The number of fused-ring (bicyclic) bond motifs is 1. The topological polar surface area (TPSA) is 106 Å². The van der Waals surface area contributed by atoms with Crippen LogP contribution in [0.3, 0.4) is 0 Å². The van der Waals surface area contributed by atoms with Crippen LogP contribution in [0.15, 0.2) is 42.6 Å². The molecule has 29 heavy (non-hydrogen) atoms. The van der Waals surface area contributed by atoms with Crippen molar-refractivity contribution in [2.24, 2.45) is 0 Å². The smallest absolute Gasteiger partial charge is 0.320 e. The zero-order valence-corrected chi connectivity index (χ0v) is 16.6. The second-order valence-corrected chi connectivity index (χ2v) is 7.88. The summed E-state index contributed by atoms with van der Waals surface area (Å²) in [4.78, 5) is 18.9. The summed E-state index contributed by atoms with van der Waals surface area (Å²) in [5.41, 5.74) is 1.23. The summed E-state index contributed by atoms with van der Waals surface area (Å²) in [7, 11) is 0. The molecule has 4 rings (SSSR count).